The van der Waals surface area contributed by atoms with Gasteiger partial charge in [-0.3, -0.25) is 0 Å². The van der Waals surface area contributed by atoms with Crippen LogP contribution in [0.5, 0.6) is 0 Å². The van der Waals surface area contributed by atoms with Crippen LogP contribution in [0.3, 0.4) is 0 Å². The number of hydrogen-bond acceptors (Lipinski definition) is 5. The summed E-state index contributed by atoms with van der Waals surface area (Å²) in [7, 11) is -2.25. The summed E-state index contributed by atoms with van der Waals surface area (Å²) < 4.78 is 59.2. The fourth-order valence-corrected chi connectivity index (χ4v) is 1.62. The first-order chi connectivity index (χ1) is 8.62. The van der Waals surface area contributed by atoms with Crippen molar-refractivity contribution in [3.8, 4) is 0 Å². The first-order valence-corrected chi connectivity index (χ1v) is 6.85. The van der Waals surface area contributed by atoms with Crippen LogP contribution in [0.2, 0.25) is 0 Å². The quantitative estimate of drug-likeness (QED) is 0.748. The molecule has 0 unspecified atom stereocenters. The van der Waals surface area contributed by atoms with Crippen LogP contribution in [-0.2, 0) is 16.2 Å². The molecule has 0 radical (unpaired) electrons. The van der Waals surface area contributed by atoms with E-state index in [2.05, 4.69) is 15.6 Å². The van der Waals surface area contributed by atoms with E-state index in [-0.39, 0.29) is 18.2 Å². The molecule has 0 amide bonds. The van der Waals surface area contributed by atoms with E-state index in [1.807, 2.05) is 0 Å². The number of nitrogens with zero attached hydrogens (tertiary/aromatic N) is 1. The lowest BCUT2D eigenvalue weighted by molar-refractivity contribution is -0.137. The zero-order chi connectivity index (χ0) is 14.7. The number of anilines is 2. The summed E-state index contributed by atoms with van der Waals surface area (Å²) in [4.78, 5) is 3.83. The van der Waals surface area contributed by atoms with Crippen LogP contribution < -0.4 is 15.8 Å². The standard InChI is InChI=1S/C9H13F3N4O2S/c1-14-7-4-6(9(10,11)12)5-8(16-7)15-2-3-19(13,17)18/h4-5H,2-3H2,1H3,(H2,13,17,18)(H2,14,15,16). The van der Waals surface area contributed by atoms with Gasteiger partial charge in [0.15, 0.2) is 0 Å². The molecule has 1 aromatic heterocycles. The average Bonchev–Trinajstić information content (AvgIpc) is 2.25. The predicted molar refractivity (Wildman–Crippen MR) is 65.2 cm³/mol. The second-order valence-corrected chi connectivity index (χ2v) is 5.40. The van der Waals surface area contributed by atoms with Gasteiger partial charge in [0.2, 0.25) is 10.0 Å². The number of pyridine rings is 1. The molecule has 0 aromatic carbocycles. The number of rotatable bonds is 5. The van der Waals surface area contributed by atoms with Crippen LogP contribution in [0.4, 0.5) is 24.8 Å². The molecule has 0 spiro atoms. The minimum Gasteiger partial charge on any atom is -0.373 e. The Morgan fingerprint density at radius 2 is 1.89 bits per heavy atom. The van der Waals surface area contributed by atoms with Gasteiger partial charge in [0.25, 0.3) is 0 Å². The van der Waals surface area contributed by atoms with Gasteiger partial charge in [-0.25, -0.2) is 18.5 Å². The van der Waals surface area contributed by atoms with Crippen LogP contribution in [0.1, 0.15) is 5.56 Å². The van der Waals surface area contributed by atoms with Crippen molar-refractivity contribution in [2.45, 2.75) is 6.18 Å². The number of nitrogens with one attached hydrogen (secondary N) is 2. The number of hydrogen-bond donors (Lipinski definition) is 3. The maximum absolute atomic E-state index is 12.6. The van der Waals surface area contributed by atoms with Gasteiger partial charge < -0.3 is 10.6 Å². The van der Waals surface area contributed by atoms with Crippen molar-refractivity contribution in [3.63, 3.8) is 0 Å². The Labute approximate surface area is 108 Å². The van der Waals surface area contributed by atoms with Crippen LogP contribution in [0, 0.1) is 0 Å². The topological polar surface area (TPSA) is 97.1 Å². The first kappa shape index (κ1) is 15.5. The lowest BCUT2D eigenvalue weighted by Crippen LogP contribution is -2.22. The Morgan fingerprint density at radius 3 is 2.37 bits per heavy atom. The van der Waals surface area contributed by atoms with Crippen molar-refractivity contribution >= 4 is 21.7 Å². The smallest absolute Gasteiger partial charge is 0.373 e. The van der Waals surface area contributed by atoms with E-state index in [1.54, 1.807) is 0 Å². The fourth-order valence-electron chi connectivity index (χ4n) is 1.23. The van der Waals surface area contributed by atoms with Crippen LogP contribution >= 0.6 is 0 Å². The van der Waals surface area contributed by atoms with E-state index < -0.39 is 27.5 Å². The number of aromatic nitrogens is 1. The summed E-state index contributed by atoms with van der Waals surface area (Å²) in [5, 5.41) is 9.74. The Kier molecular flexibility index (Phi) is 4.58. The molecule has 1 rings (SSSR count). The lowest BCUT2D eigenvalue weighted by atomic mass is 10.2. The molecule has 0 aliphatic rings. The number of sulfonamides is 1. The highest BCUT2D eigenvalue weighted by Crippen LogP contribution is 2.31. The molecule has 4 N–H and O–H groups in total. The Balaban J connectivity index is 2.89. The largest absolute Gasteiger partial charge is 0.416 e. The van der Waals surface area contributed by atoms with Gasteiger partial charge in [0, 0.05) is 13.6 Å². The Morgan fingerprint density at radius 1 is 1.32 bits per heavy atom. The summed E-state index contributed by atoms with van der Waals surface area (Å²) in [6.07, 6.45) is -4.51. The number of alkyl halides is 3. The van der Waals surface area contributed by atoms with E-state index in [4.69, 9.17) is 5.14 Å². The first-order valence-electron chi connectivity index (χ1n) is 5.13. The van der Waals surface area contributed by atoms with Crippen molar-refractivity contribution in [1.82, 2.24) is 4.98 Å². The summed E-state index contributed by atoms with van der Waals surface area (Å²) in [5.41, 5.74) is -0.884. The number of primary sulfonamides is 1. The molecule has 1 aromatic rings. The molecule has 0 bridgehead atoms. The maximum Gasteiger partial charge on any atom is 0.416 e. The van der Waals surface area contributed by atoms with E-state index in [1.165, 1.54) is 7.05 Å². The monoisotopic (exact) mass is 298 g/mol. The zero-order valence-corrected chi connectivity index (χ0v) is 10.8. The van der Waals surface area contributed by atoms with E-state index in [9.17, 15) is 21.6 Å². The highest BCUT2D eigenvalue weighted by molar-refractivity contribution is 7.89. The molecule has 0 aliphatic heterocycles. The summed E-state index contributed by atoms with van der Waals surface area (Å²) >= 11 is 0. The fraction of sp³-hybridized carbons (Fsp3) is 0.444. The van der Waals surface area contributed by atoms with Crippen molar-refractivity contribution in [2.75, 3.05) is 30.0 Å². The van der Waals surface area contributed by atoms with Gasteiger partial charge in [-0.05, 0) is 12.1 Å². The SMILES string of the molecule is CNc1cc(C(F)(F)F)cc(NCCS(N)(=O)=O)n1. The van der Waals surface area contributed by atoms with E-state index >= 15 is 0 Å². The average molecular weight is 298 g/mol. The Hall–Kier alpha value is -1.55. The molecular formula is C9H13F3N4O2S. The number of nitrogens with two attached hydrogens (primary N) is 1. The third-order valence-electron chi connectivity index (χ3n) is 2.10. The molecule has 6 nitrogen and oxygen atoms in total. The van der Waals surface area contributed by atoms with E-state index in [0.29, 0.717) is 0 Å². The predicted octanol–water partition coefficient (Wildman–Crippen LogP) is 0.843. The highest BCUT2D eigenvalue weighted by atomic mass is 32.2. The van der Waals surface area contributed by atoms with Gasteiger partial charge in [0.05, 0.1) is 11.3 Å². The molecule has 0 saturated heterocycles. The minimum atomic E-state index is -4.51. The molecule has 0 aliphatic carbocycles. The van der Waals surface area contributed by atoms with Crippen LogP contribution in [0.25, 0.3) is 0 Å². The molecule has 0 fully saturated rings. The van der Waals surface area contributed by atoms with Gasteiger partial charge in [-0.15, -0.1) is 0 Å². The van der Waals surface area contributed by atoms with Gasteiger partial charge in [-0.1, -0.05) is 0 Å². The molecule has 108 valence electrons. The second kappa shape index (κ2) is 5.61. The third kappa shape index (κ3) is 5.30. The highest BCUT2D eigenvalue weighted by Gasteiger charge is 2.31. The van der Waals surface area contributed by atoms with Gasteiger partial charge in [-0.2, -0.15) is 13.2 Å². The molecule has 0 saturated carbocycles. The van der Waals surface area contributed by atoms with Crippen LogP contribution in [0.15, 0.2) is 12.1 Å². The summed E-state index contributed by atoms with van der Waals surface area (Å²) in [6, 6.07) is 1.65. The molecule has 10 heteroatoms. The second-order valence-electron chi connectivity index (χ2n) is 3.67. The third-order valence-corrected chi connectivity index (χ3v) is 2.87. The molecule has 1 heterocycles. The number of halogens is 3. The summed E-state index contributed by atoms with van der Waals surface area (Å²) in [6.45, 7) is -0.129. The molecular weight excluding hydrogens is 285 g/mol. The van der Waals surface area contributed by atoms with Crippen molar-refractivity contribution in [3.05, 3.63) is 17.7 Å². The van der Waals surface area contributed by atoms with Crippen molar-refractivity contribution < 1.29 is 21.6 Å². The van der Waals surface area contributed by atoms with Gasteiger partial charge >= 0.3 is 6.18 Å². The normalized spacial score (nSPS) is 12.3. The maximum atomic E-state index is 12.6. The van der Waals surface area contributed by atoms with Crippen LogP contribution in [-0.4, -0.2) is 32.7 Å². The zero-order valence-electron chi connectivity index (χ0n) is 9.95. The Bertz CT molecular complexity index is 545. The molecule has 19 heavy (non-hydrogen) atoms. The van der Waals surface area contributed by atoms with Crippen molar-refractivity contribution in [1.29, 1.82) is 0 Å². The lowest BCUT2D eigenvalue weighted by Gasteiger charge is -2.12. The molecule has 0 atom stereocenters. The van der Waals surface area contributed by atoms with Crippen molar-refractivity contribution in [2.24, 2.45) is 5.14 Å². The van der Waals surface area contributed by atoms with Gasteiger partial charge in [0.1, 0.15) is 11.6 Å². The summed E-state index contributed by atoms with van der Waals surface area (Å²) in [5.74, 6) is -0.462. The van der Waals surface area contributed by atoms with E-state index in [0.717, 1.165) is 12.1 Å². The minimum absolute atomic E-state index is 0.0212.